The van der Waals surface area contributed by atoms with Crippen molar-refractivity contribution in [2.45, 2.75) is 4.90 Å². The van der Waals surface area contributed by atoms with E-state index in [-0.39, 0.29) is 25.8 Å². The lowest BCUT2D eigenvalue weighted by Crippen LogP contribution is -2.14. The van der Waals surface area contributed by atoms with E-state index in [1.54, 1.807) is 0 Å². The third-order valence-corrected chi connectivity index (χ3v) is 5.21. The highest BCUT2D eigenvalue weighted by Gasteiger charge is 2.21. The number of rotatable bonds is 3. The largest absolute Gasteiger partial charge is 0.398 e. The molecule has 0 spiro atoms. The molecular weight excluding hydrogens is 390 g/mol. The molecule has 0 fully saturated rings. The zero-order valence-corrected chi connectivity index (χ0v) is 13.4. The Bertz CT molecular complexity index is 795. The van der Waals surface area contributed by atoms with Crippen LogP contribution in [0.5, 0.6) is 0 Å². The average Bonchev–Trinajstić information content (AvgIpc) is 2.31. The highest BCUT2D eigenvalue weighted by molar-refractivity contribution is 9.10. The fourth-order valence-corrected chi connectivity index (χ4v) is 3.94. The van der Waals surface area contributed by atoms with Crippen LogP contribution in [-0.4, -0.2) is 8.42 Å². The molecule has 0 heterocycles. The molecule has 0 atom stereocenters. The molecule has 0 amide bonds. The Morgan fingerprint density at radius 2 is 1.67 bits per heavy atom. The van der Waals surface area contributed by atoms with E-state index in [0.717, 1.165) is 12.1 Å². The Morgan fingerprint density at radius 3 is 2.24 bits per heavy atom. The highest BCUT2D eigenvalue weighted by atomic mass is 79.9. The van der Waals surface area contributed by atoms with Crippen LogP contribution >= 0.6 is 27.5 Å². The summed E-state index contributed by atoms with van der Waals surface area (Å²) in [7, 11) is -4.12. The molecule has 2 aromatic carbocycles. The minimum atomic E-state index is -4.12. The quantitative estimate of drug-likeness (QED) is 0.775. The number of nitrogen functional groups attached to an aromatic ring is 1. The lowest BCUT2D eigenvalue weighted by atomic mass is 10.3. The van der Waals surface area contributed by atoms with Crippen LogP contribution in [0.15, 0.2) is 39.7 Å². The zero-order valence-electron chi connectivity index (χ0n) is 10.2. The maximum absolute atomic E-state index is 13.1. The van der Waals surface area contributed by atoms with Crippen LogP contribution in [0.3, 0.4) is 0 Å². The highest BCUT2D eigenvalue weighted by Crippen LogP contribution is 2.32. The number of benzene rings is 2. The van der Waals surface area contributed by atoms with Gasteiger partial charge in [0.05, 0.1) is 10.2 Å². The molecule has 0 aliphatic heterocycles. The first-order chi connectivity index (χ1) is 9.69. The Morgan fingerprint density at radius 1 is 1.10 bits per heavy atom. The van der Waals surface area contributed by atoms with Crippen LogP contribution in [-0.2, 0) is 10.0 Å². The maximum Gasteiger partial charge on any atom is 0.263 e. The molecule has 21 heavy (non-hydrogen) atoms. The van der Waals surface area contributed by atoms with E-state index >= 15 is 0 Å². The van der Waals surface area contributed by atoms with Crippen molar-refractivity contribution in [2.24, 2.45) is 0 Å². The molecule has 3 N–H and O–H groups in total. The lowest BCUT2D eigenvalue weighted by Gasteiger charge is -2.11. The van der Waals surface area contributed by atoms with Crippen molar-refractivity contribution in [1.82, 2.24) is 0 Å². The number of anilines is 2. The summed E-state index contributed by atoms with van der Waals surface area (Å²) in [6.07, 6.45) is 0. The van der Waals surface area contributed by atoms with Gasteiger partial charge in [0.15, 0.2) is 0 Å². The van der Waals surface area contributed by atoms with Gasteiger partial charge >= 0.3 is 0 Å². The van der Waals surface area contributed by atoms with Gasteiger partial charge in [-0.3, -0.25) is 4.72 Å². The summed E-state index contributed by atoms with van der Waals surface area (Å²) in [5.74, 6) is -1.81. The van der Waals surface area contributed by atoms with Crippen LogP contribution in [0.2, 0.25) is 5.02 Å². The molecule has 2 aromatic rings. The number of sulfonamides is 1. The van der Waals surface area contributed by atoms with Gasteiger partial charge in [-0.15, -0.1) is 0 Å². The van der Waals surface area contributed by atoms with Crippen molar-refractivity contribution in [1.29, 1.82) is 0 Å². The van der Waals surface area contributed by atoms with Gasteiger partial charge in [-0.25, -0.2) is 17.2 Å². The fraction of sp³-hybridized carbons (Fsp3) is 0. The summed E-state index contributed by atoms with van der Waals surface area (Å²) >= 11 is 8.81. The van der Waals surface area contributed by atoms with Crippen LogP contribution < -0.4 is 10.5 Å². The van der Waals surface area contributed by atoms with Gasteiger partial charge in [-0.05, 0) is 40.2 Å². The summed E-state index contributed by atoms with van der Waals surface area (Å²) in [5, 5.41) is 0.112. The minimum Gasteiger partial charge on any atom is -0.398 e. The third kappa shape index (κ3) is 3.63. The van der Waals surface area contributed by atoms with Crippen molar-refractivity contribution < 1.29 is 17.2 Å². The first kappa shape index (κ1) is 16.0. The van der Waals surface area contributed by atoms with E-state index in [2.05, 4.69) is 20.7 Å². The van der Waals surface area contributed by atoms with Crippen molar-refractivity contribution in [3.8, 4) is 0 Å². The second-order valence-corrected chi connectivity index (χ2v) is 6.95. The topological polar surface area (TPSA) is 72.2 Å². The number of nitrogens with one attached hydrogen (secondary N) is 1. The summed E-state index contributed by atoms with van der Waals surface area (Å²) in [6, 6.07) is 4.86. The second-order valence-electron chi connectivity index (χ2n) is 4.07. The van der Waals surface area contributed by atoms with Gasteiger partial charge in [0.2, 0.25) is 0 Å². The number of hydrogen-bond donors (Lipinski definition) is 2. The van der Waals surface area contributed by atoms with E-state index in [4.69, 9.17) is 17.3 Å². The Balaban J connectivity index is 2.48. The summed E-state index contributed by atoms with van der Waals surface area (Å²) < 4.78 is 52.8. The van der Waals surface area contributed by atoms with Gasteiger partial charge in [0.1, 0.15) is 16.5 Å². The van der Waals surface area contributed by atoms with Crippen molar-refractivity contribution >= 4 is 48.9 Å². The van der Waals surface area contributed by atoms with Gasteiger partial charge in [-0.1, -0.05) is 11.6 Å². The second kappa shape index (κ2) is 5.78. The SMILES string of the molecule is Nc1cc(Cl)cc(S(=O)(=O)Nc2cc(F)cc(F)c2)c1Br. The van der Waals surface area contributed by atoms with Crippen molar-refractivity contribution in [3.05, 3.63) is 51.5 Å². The first-order valence-corrected chi connectivity index (χ1v) is 8.08. The predicted molar refractivity (Wildman–Crippen MR) is 80.7 cm³/mol. The smallest absolute Gasteiger partial charge is 0.263 e. The minimum absolute atomic E-state index is 0.108. The molecule has 0 aliphatic rings. The normalized spacial score (nSPS) is 11.4. The van der Waals surface area contributed by atoms with E-state index < -0.39 is 21.7 Å². The van der Waals surface area contributed by atoms with Crippen molar-refractivity contribution in [2.75, 3.05) is 10.5 Å². The van der Waals surface area contributed by atoms with Crippen LogP contribution in [0.4, 0.5) is 20.2 Å². The summed E-state index contributed by atoms with van der Waals surface area (Å²) in [5.41, 5.74) is 5.48. The molecule has 0 aliphatic carbocycles. The Labute approximate surface area is 133 Å². The standard InChI is InChI=1S/C12H8BrClF2N2O2S/c13-12-10(17)1-6(14)2-11(12)21(19,20)18-9-4-7(15)3-8(16)5-9/h1-5,18H,17H2. The van der Waals surface area contributed by atoms with E-state index in [9.17, 15) is 17.2 Å². The third-order valence-electron chi connectivity index (χ3n) is 2.44. The lowest BCUT2D eigenvalue weighted by molar-refractivity contribution is 0.584. The summed E-state index contributed by atoms with van der Waals surface area (Å²) in [6.45, 7) is 0. The number of nitrogens with two attached hydrogens (primary N) is 1. The molecular formula is C12H8BrClF2N2O2S. The maximum atomic E-state index is 13.1. The van der Waals surface area contributed by atoms with Gasteiger partial charge in [0, 0.05) is 16.8 Å². The van der Waals surface area contributed by atoms with Crippen molar-refractivity contribution in [3.63, 3.8) is 0 Å². The van der Waals surface area contributed by atoms with Gasteiger partial charge in [0.25, 0.3) is 10.0 Å². The molecule has 0 aromatic heterocycles. The van der Waals surface area contributed by atoms with Gasteiger partial charge < -0.3 is 5.73 Å². The fourth-order valence-electron chi connectivity index (χ4n) is 1.60. The molecule has 2 rings (SSSR count). The molecule has 0 radical (unpaired) electrons. The van der Waals surface area contributed by atoms with Crippen LogP contribution in [0, 0.1) is 11.6 Å². The predicted octanol–water partition coefficient (Wildman–Crippen LogP) is 3.76. The Kier molecular flexibility index (Phi) is 4.40. The monoisotopic (exact) mass is 396 g/mol. The van der Waals surface area contributed by atoms with Gasteiger partial charge in [-0.2, -0.15) is 0 Å². The molecule has 4 nitrogen and oxygen atoms in total. The van der Waals surface area contributed by atoms with E-state index in [1.165, 1.54) is 12.1 Å². The molecule has 0 saturated carbocycles. The molecule has 112 valence electrons. The van der Waals surface area contributed by atoms with Crippen LogP contribution in [0.25, 0.3) is 0 Å². The van der Waals surface area contributed by atoms with E-state index in [1.807, 2.05) is 0 Å². The molecule has 9 heteroatoms. The summed E-state index contributed by atoms with van der Waals surface area (Å²) in [4.78, 5) is -0.239. The molecule has 0 unspecified atom stereocenters. The average molecular weight is 398 g/mol. The number of hydrogen-bond acceptors (Lipinski definition) is 3. The first-order valence-electron chi connectivity index (χ1n) is 5.42. The molecule has 0 bridgehead atoms. The van der Waals surface area contributed by atoms with E-state index in [0.29, 0.717) is 6.07 Å². The Hall–Kier alpha value is -1.38. The molecule has 0 saturated heterocycles. The zero-order chi connectivity index (χ0) is 15.8. The van der Waals surface area contributed by atoms with Crippen LogP contribution in [0.1, 0.15) is 0 Å². The number of halogens is 4.